The molecule has 1 aromatic carbocycles. The van der Waals surface area contributed by atoms with Crippen LogP contribution in [0.5, 0.6) is 5.75 Å². The van der Waals surface area contributed by atoms with E-state index in [0.29, 0.717) is 11.3 Å². The summed E-state index contributed by atoms with van der Waals surface area (Å²) in [5, 5.41) is 8.58. The van der Waals surface area contributed by atoms with E-state index in [1.807, 2.05) is 6.07 Å². The van der Waals surface area contributed by atoms with E-state index in [4.69, 9.17) is 10.00 Å². The minimum atomic E-state index is -3.04. The summed E-state index contributed by atoms with van der Waals surface area (Å²) in [6, 6.07) is 8.76. The molecule has 0 amide bonds. The van der Waals surface area contributed by atoms with Crippen molar-refractivity contribution >= 4 is 9.84 Å². The second-order valence-corrected chi connectivity index (χ2v) is 7.16. The number of sulfone groups is 1. The van der Waals surface area contributed by atoms with Gasteiger partial charge in [0.2, 0.25) is 0 Å². The molecule has 0 atom stereocenters. The summed E-state index contributed by atoms with van der Waals surface area (Å²) in [4.78, 5) is 0. The Kier molecular flexibility index (Phi) is 4.43. The molecule has 0 spiro atoms. The largest absolute Gasteiger partial charge is 0.492 e. The van der Waals surface area contributed by atoms with Crippen molar-refractivity contribution in [2.24, 2.45) is 0 Å². The summed E-state index contributed by atoms with van der Waals surface area (Å²) < 4.78 is 29.4. The van der Waals surface area contributed by atoms with Crippen LogP contribution >= 0.6 is 0 Å². The molecular weight excluding hydrogens is 262 g/mol. The van der Waals surface area contributed by atoms with Gasteiger partial charge in [-0.05, 0) is 31.0 Å². The zero-order valence-corrected chi connectivity index (χ0v) is 11.5. The van der Waals surface area contributed by atoms with Crippen LogP contribution in [0.3, 0.4) is 0 Å². The van der Waals surface area contributed by atoms with E-state index in [2.05, 4.69) is 0 Å². The van der Waals surface area contributed by atoms with Gasteiger partial charge < -0.3 is 4.74 Å². The molecule has 0 unspecified atom stereocenters. The van der Waals surface area contributed by atoms with Crippen molar-refractivity contribution in [2.45, 2.75) is 30.9 Å². The quantitative estimate of drug-likeness (QED) is 0.829. The van der Waals surface area contributed by atoms with E-state index in [1.165, 1.54) is 0 Å². The van der Waals surface area contributed by atoms with Crippen LogP contribution in [0.1, 0.15) is 31.2 Å². The van der Waals surface area contributed by atoms with Crippen LogP contribution in [0.4, 0.5) is 0 Å². The Labute approximate surface area is 113 Å². The average Bonchev–Trinajstić information content (AvgIpc) is 2.93. The SMILES string of the molecule is N#Cc1cccc(OCCS(=O)(=O)C2CCCC2)c1. The smallest absolute Gasteiger partial charge is 0.156 e. The molecule has 102 valence electrons. The predicted octanol–water partition coefficient (Wildman–Crippen LogP) is 2.29. The average molecular weight is 279 g/mol. The van der Waals surface area contributed by atoms with Gasteiger partial charge in [0.1, 0.15) is 12.4 Å². The monoisotopic (exact) mass is 279 g/mol. The number of ether oxygens (including phenoxy) is 1. The molecule has 0 N–H and O–H groups in total. The Bertz CT molecular complexity index is 569. The highest BCUT2D eigenvalue weighted by Crippen LogP contribution is 2.25. The van der Waals surface area contributed by atoms with Gasteiger partial charge in [-0.25, -0.2) is 8.42 Å². The third-order valence-electron chi connectivity index (χ3n) is 3.41. The van der Waals surface area contributed by atoms with Crippen LogP contribution in [-0.2, 0) is 9.84 Å². The first-order valence-electron chi connectivity index (χ1n) is 6.46. The fourth-order valence-corrected chi connectivity index (χ4v) is 4.05. The molecule has 5 heteroatoms. The standard InChI is InChI=1S/C14H17NO3S/c15-11-12-4-3-5-13(10-12)18-8-9-19(16,17)14-6-1-2-7-14/h3-5,10,14H,1-2,6-9H2. The lowest BCUT2D eigenvalue weighted by Gasteiger charge is -2.11. The van der Waals surface area contributed by atoms with Crippen LogP contribution in [0.25, 0.3) is 0 Å². The third kappa shape index (κ3) is 3.71. The van der Waals surface area contributed by atoms with Crippen molar-refractivity contribution in [1.82, 2.24) is 0 Å². The first kappa shape index (κ1) is 13.9. The van der Waals surface area contributed by atoms with E-state index in [1.54, 1.807) is 24.3 Å². The summed E-state index contributed by atoms with van der Waals surface area (Å²) in [6.45, 7) is 0.147. The molecule has 1 fully saturated rings. The highest BCUT2D eigenvalue weighted by Gasteiger charge is 2.28. The molecule has 0 aliphatic heterocycles. The molecule has 0 radical (unpaired) electrons. The molecule has 1 aliphatic carbocycles. The van der Waals surface area contributed by atoms with Crippen molar-refractivity contribution in [2.75, 3.05) is 12.4 Å². The minimum absolute atomic E-state index is 0.0500. The van der Waals surface area contributed by atoms with Crippen molar-refractivity contribution in [3.8, 4) is 11.8 Å². The fraction of sp³-hybridized carbons (Fsp3) is 0.500. The van der Waals surface area contributed by atoms with E-state index < -0.39 is 9.84 Å². The van der Waals surface area contributed by atoms with E-state index in [0.717, 1.165) is 25.7 Å². The zero-order chi connectivity index (χ0) is 13.7. The van der Waals surface area contributed by atoms with Crippen LogP contribution in [0, 0.1) is 11.3 Å². The van der Waals surface area contributed by atoms with Gasteiger partial charge in [0.05, 0.1) is 22.6 Å². The van der Waals surface area contributed by atoms with Crippen molar-refractivity contribution < 1.29 is 13.2 Å². The highest BCUT2D eigenvalue weighted by molar-refractivity contribution is 7.92. The summed E-state index contributed by atoms with van der Waals surface area (Å²) in [6.07, 6.45) is 3.59. The normalized spacial score (nSPS) is 16.2. The molecular formula is C14H17NO3S. The van der Waals surface area contributed by atoms with Crippen LogP contribution in [0.2, 0.25) is 0 Å². The molecule has 1 aliphatic rings. The Balaban J connectivity index is 1.87. The third-order valence-corrected chi connectivity index (χ3v) is 5.63. The molecule has 1 saturated carbocycles. The molecule has 0 saturated heterocycles. The van der Waals surface area contributed by atoms with Gasteiger partial charge >= 0.3 is 0 Å². The molecule has 0 bridgehead atoms. The van der Waals surface area contributed by atoms with E-state index >= 15 is 0 Å². The second-order valence-electron chi connectivity index (χ2n) is 4.76. The van der Waals surface area contributed by atoms with Crippen molar-refractivity contribution in [3.63, 3.8) is 0 Å². The second kappa shape index (κ2) is 6.07. The van der Waals surface area contributed by atoms with Crippen LogP contribution in [-0.4, -0.2) is 26.0 Å². The molecule has 4 nitrogen and oxygen atoms in total. The molecule has 19 heavy (non-hydrogen) atoms. The molecule has 0 heterocycles. The fourth-order valence-electron chi connectivity index (χ4n) is 2.35. The van der Waals surface area contributed by atoms with Gasteiger partial charge in [-0.1, -0.05) is 18.9 Å². The van der Waals surface area contributed by atoms with Crippen LogP contribution < -0.4 is 4.74 Å². The van der Waals surface area contributed by atoms with Crippen LogP contribution in [0.15, 0.2) is 24.3 Å². The maximum atomic E-state index is 12.0. The first-order chi connectivity index (χ1) is 9.12. The molecule has 2 rings (SSSR count). The lowest BCUT2D eigenvalue weighted by molar-refractivity contribution is 0.340. The highest BCUT2D eigenvalue weighted by atomic mass is 32.2. The number of nitriles is 1. The Morgan fingerprint density at radius 1 is 1.32 bits per heavy atom. The van der Waals surface area contributed by atoms with Gasteiger partial charge in [-0.2, -0.15) is 5.26 Å². The number of hydrogen-bond acceptors (Lipinski definition) is 4. The molecule has 1 aromatic rings. The van der Waals surface area contributed by atoms with Crippen molar-refractivity contribution in [1.29, 1.82) is 5.26 Å². The molecule has 0 aromatic heterocycles. The summed E-state index contributed by atoms with van der Waals surface area (Å²) in [7, 11) is -3.04. The number of nitrogens with zero attached hydrogens (tertiary/aromatic N) is 1. The van der Waals surface area contributed by atoms with Gasteiger partial charge in [0.15, 0.2) is 9.84 Å². The Morgan fingerprint density at radius 3 is 2.74 bits per heavy atom. The lowest BCUT2D eigenvalue weighted by Crippen LogP contribution is -2.24. The van der Waals surface area contributed by atoms with Crippen molar-refractivity contribution in [3.05, 3.63) is 29.8 Å². The van der Waals surface area contributed by atoms with Gasteiger partial charge in [-0.15, -0.1) is 0 Å². The van der Waals surface area contributed by atoms with E-state index in [9.17, 15) is 8.42 Å². The number of benzene rings is 1. The topological polar surface area (TPSA) is 67.2 Å². The number of hydrogen-bond donors (Lipinski definition) is 0. The maximum Gasteiger partial charge on any atom is 0.156 e. The predicted molar refractivity (Wildman–Crippen MR) is 72.7 cm³/mol. The van der Waals surface area contributed by atoms with Gasteiger partial charge in [-0.3, -0.25) is 0 Å². The van der Waals surface area contributed by atoms with E-state index in [-0.39, 0.29) is 17.6 Å². The Morgan fingerprint density at radius 2 is 2.05 bits per heavy atom. The maximum absolute atomic E-state index is 12.0. The summed E-state index contributed by atoms with van der Waals surface area (Å²) >= 11 is 0. The number of rotatable bonds is 5. The van der Waals surface area contributed by atoms with Gasteiger partial charge in [0.25, 0.3) is 0 Å². The van der Waals surface area contributed by atoms with Gasteiger partial charge in [0, 0.05) is 0 Å². The summed E-state index contributed by atoms with van der Waals surface area (Å²) in [5.41, 5.74) is 0.510. The zero-order valence-electron chi connectivity index (χ0n) is 10.7. The summed E-state index contributed by atoms with van der Waals surface area (Å²) in [5.74, 6) is 0.592. The first-order valence-corrected chi connectivity index (χ1v) is 8.18. The lowest BCUT2D eigenvalue weighted by atomic mass is 10.2. The Hall–Kier alpha value is -1.54. The minimum Gasteiger partial charge on any atom is -0.492 e.